The second-order valence-corrected chi connectivity index (χ2v) is 10.4. The first-order valence-electron chi connectivity index (χ1n) is 14.8. The first-order valence-corrected chi connectivity index (χ1v) is 14.8. The molecule has 0 atom stereocenters. The quantitative estimate of drug-likeness (QED) is 0.0568. The summed E-state index contributed by atoms with van der Waals surface area (Å²) in [6, 6.07) is 10.9. The molecule has 0 aliphatic heterocycles. The summed E-state index contributed by atoms with van der Waals surface area (Å²) in [6.07, 6.45) is 10.4. The Morgan fingerprint density at radius 2 is 1.07 bits per heavy atom. The highest BCUT2D eigenvalue weighted by Crippen LogP contribution is 2.46. The topological polar surface area (TPSA) is 54.0 Å². The highest BCUT2D eigenvalue weighted by Gasteiger charge is 2.71. The van der Waals surface area contributed by atoms with E-state index in [9.17, 15) is 31.1 Å². The Labute approximate surface area is 249 Å². The van der Waals surface area contributed by atoms with Crippen LogP contribution in [0, 0.1) is 0 Å². The molecule has 0 amide bonds. The van der Waals surface area contributed by atoms with Crippen LogP contribution in [0.25, 0.3) is 0 Å². The zero-order valence-corrected chi connectivity index (χ0v) is 24.8. The maximum Gasteiger partial charge on any atom is 0.377 e. The van der Waals surface area contributed by atoms with Crippen molar-refractivity contribution in [3.8, 4) is 17.2 Å². The van der Waals surface area contributed by atoms with Gasteiger partial charge in [0.25, 0.3) is 0 Å². The van der Waals surface area contributed by atoms with Crippen molar-refractivity contribution in [2.45, 2.75) is 95.8 Å². The summed E-state index contributed by atoms with van der Waals surface area (Å²) in [6.45, 7) is 0.404. The lowest BCUT2D eigenvalue weighted by molar-refractivity contribution is -0.324. The minimum absolute atomic E-state index is 0.0280. The van der Waals surface area contributed by atoms with Crippen LogP contribution in [0.2, 0.25) is 0 Å². The van der Waals surface area contributed by atoms with Gasteiger partial charge in [0.05, 0.1) is 12.2 Å². The number of ether oxygens (including phenoxy) is 4. The first-order chi connectivity index (χ1) is 20.4. The van der Waals surface area contributed by atoms with Crippen LogP contribution in [0.4, 0.5) is 26.3 Å². The van der Waals surface area contributed by atoms with Gasteiger partial charge in [-0.2, -0.15) is 26.3 Å². The van der Waals surface area contributed by atoms with Gasteiger partial charge in [-0.25, -0.2) is 4.79 Å². The van der Waals surface area contributed by atoms with Gasteiger partial charge in [-0.05, 0) is 61.4 Å². The molecule has 0 saturated carbocycles. The molecule has 0 aliphatic rings. The summed E-state index contributed by atoms with van der Waals surface area (Å²) >= 11 is 0. The number of alkyl halides is 6. The van der Waals surface area contributed by atoms with Gasteiger partial charge in [0.1, 0.15) is 23.9 Å². The Morgan fingerprint density at radius 3 is 1.67 bits per heavy atom. The second-order valence-electron chi connectivity index (χ2n) is 10.4. The second kappa shape index (κ2) is 18.0. The van der Waals surface area contributed by atoms with Crippen LogP contribution in [-0.2, 0) is 4.74 Å². The zero-order valence-electron chi connectivity index (χ0n) is 24.8. The summed E-state index contributed by atoms with van der Waals surface area (Å²) in [5.74, 6) is -16.4. The molecule has 43 heavy (non-hydrogen) atoms. The molecule has 0 aliphatic carbocycles. The lowest BCUT2D eigenvalue weighted by Crippen LogP contribution is -2.58. The average Bonchev–Trinajstić information content (AvgIpc) is 2.98. The molecule has 0 heterocycles. The number of unbranched alkanes of at least 4 members (excludes halogenated alkanes) is 8. The molecule has 0 radical (unpaired) electrons. The maximum absolute atomic E-state index is 14.1. The minimum atomic E-state index is -5.71. The standard InChI is InChI=1S/C32H42F6O5/c1-3-5-7-8-9-10-11-12-22-41-26-15-13-25(14-16-26)29(39)43-28-19-17-27(18-20-28)42-24-31(35,36)32(37,38)30(33,34)23-40-21-6-4-2/h13-20H,3-12,21-24H2,1-2H3. The lowest BCUT2D eigenvalue weighted by Gasteiger charge is -2.32. The molecule has 0 fully saturated rings. The van der Waals surface area contributed by atoms with Gasteiger partial charge in [0.2, 0.25) is 0 Å². The number of benzene rings is 2. The molecule has 0 bridgehead atoms. The van der Waals surface area contributed by atoms with Crippen LogP contribution < -0.4 is 14.2 Å². The van der Waals surface area contributed by atoms with E-state index in [1.807, 2.05) is 0 Å². The molecule has 242 valence electrons. The normalized spacial score (nSPS) is 12.3. The van der Waals surface area contributed by atoms with E-state index in [0.29, 0.717) is 25.2 Å². The van der Waals surface area contributed by atoms with Gasteiger partial charge >= 0.3 is 23.7 Å². The lowest BCUT2D eigenvalue weighted by atomic mass is 10.1. The molecule has 2 aromatic rings. The molecule has 0 unspecified atom stereocenters. The van der Waals surface area contributed by atoms with Gasteiger partial charge in [0.15, 0.2) is 6.61 Å². The van der Waals surface area contributed by atoms with E-state index in [1.54, 1.807) is 19.1 Å². The van der Waals surface area contributed by atoms with E-state index in [2.05, 4.69) is 16.4 Å². The fourth-order valence-corrected chi connectivity index (χ4v) is 3.95. The van der Waals surface area contributed by atoms with Crippen LogP contribution in [0.5, 0.6) is 17.2 Å². The number of hydrogen-bond donors (Lipinski definition) is 0. The number of halogens is 6. The third-order valence-corrected chi connectivity index (χ3v) is 6.66. The largest absolute Gasteiger partial charge is 0.494 e. The SMILES string of the molecule is CCCCCCCCCCOc1ccc(C(=O)Oc2ccc(OCC(F)(F)C(F)(F)C(F)(F)COCCCC)cc2)cc1. The van der Waals surface area contributed by atoms with E-state index < -0.39 is 37.0 Å². The Hall–Kier alpha value is -2.95. The smallest absolute Gasteiger partial charge is 0.377 e. The average molecular weight is 621 g/mol. The van der Waals surface area contributed by atoms with Gasteiger partial charge in [-0.15, -0.1) is 0 Å². The monoisotopic (exact) mass is 620 g/mol. The van der Waals surface area contributed by atoms with Crippen LogP contribution >= 0.6 is 0 Å². The summed E-state index contributed by atoms with van der Waals surface area (Å²) in [5.41, 5.74) is 0.237. The summed E-state index contributed by atoms with van der Waals surface area (Å²) in [5, 5.41) is 0. The fraction of sp³-hybridized carbons (Fsp3) is 0.594. The highest BCUT2D eigenvalue weighted by atomic mass is 19.3. The van der Waals surface area contributed by atoms with E-state index in [-0.39, 0.29) is 23.7 Å². The number of rotatable bonds is 22. The molecular weight excluding hydrogens is 578 g/mol. The third kappa shape index (κ3) is 11.9. The van der Waals surface area contributed by atoms with Gasteiger partial charge in [-0.1, -0.05) is 65.2 Å². The van der Waals surface area contributed by atoms with Crippen molar-refractivity contribution in [3.05, 3.63) is 54.1 Å². The summed E-state index contributed by atoms with van der Waals surface area (Å²) in [4.78, 5) is 12.5. The van der Waals surface area contributed by atoms with Crippen molar-refractivity contribution in [1.82, 2.24) is 0 Å². The van der Waals surface area contributed by atoms with E-state index in [4.69, 9.17) is 9.47 Å². The number of carbonyl (C=O) groups excluding carboxylic acids is 1. The molecule has 2 aromatic carbocycles. The van der Waals surface area contributed by atoms with Gasteiger partial charge < -0.3 is 18.9 Å². The molecule has 0 saturated heterocycles. The Balaban J connectivity index is 1.79. The van der Waals surface area contributed by atoms with Crippen LogP contribution in [0.3, 0.4) is 0 Å². The van der Waals surface area contributed by atoms with Crippen molar-refractivity contribution in [2.24, 2.45) is 0 Å². The fourth-order valence-electron chi connectivity index (χ4n) is 3.95. The van der Waals surface area contributed by atoms with E-state index >= 15 is 0 Å². The predicted octanol–water partition coefficient (Wildman–Crippen LogP) is 9.53. The Morgan fingerprint density at radius 1 is 0.581 bits per heavy atom. The molecule has 0 N–H and O–H groups in total. The maximum atomic E-state index is 14.1. The third-order valence-electron chi connectivity index (χ3n) is 6.66. The van der Waals surface area contributed by atoms with E-state index in [0.717, 1.165) is 25.0 Å². The molecule has 2 rings (SSSR count). The van der Waals surface area contributed by atoms with Crippen molar-refractivity contribution < 1.29 is 50.1 Å². The molecule has 11 heteroatoms. The number of hydrogen-bond acceptors (Lipinski definition) is 5. The molecule has 0 spiro atoms. The highest BCUT2D eigenvalue weighted by molar-refractivity contribution is 5.91. The predicted molar refractivity (Wildman–Crippen MR) is 152 cm³/mol. The minimum Gasteiger partial charge on any atom is -0.494 e. The molecule has 5 nitrogen and oxygen atoms in total. The van der Waals surface area contributed by atoms with Crippen LogP contribution in [-0.4, -0.2) is 50.2 Å². The van der Waals surface area contributed by atoms with Crippen LogP contribution in [0.1, 0.15) is 88.4 Å². The van der Waals surface area contributed by atoms with Crippen molar-refractivity contribution in [1.29, 1.82) is 0 Å². The first kappa shape index (κ1) is 36.2. The van der Waals surface area contributed by atoms with Crippen molar-refractivity contribution >= 4 is 5.97 Å². The zero-order chi connectivity index (χ0) is 31.8. The Bertz CT molecular complexity index is 1060. The molecule has 0 aromatic heterocycles. The molecular formula is C32H42F6O5. The Kier molecular flexibility index (Phi) is 15.2. The summed E-state index contributed by atoms with van der Waals surface area (Å²) < 4.78 is 104. The van der Waals surface area contributed by atoms with Crippen molar-refractivity contribution in [2.75, 3.05) is 26.4 Å². The van der Waals surface area contributed by atoms with Crippen molar-refractivity contribution in [3.63, 3.8) is 0 Å². The van der Waals surface area contributed by atoms with Gasteiger partial charge in [-0.3, -0.25) is 0 Å². The van der Waals surface area contributed by atoms with E-state index in [1.165, 1.54) is 62.8 Å². The number of esters is 1. The van der Waals surface area contributed by atoms with Crippen LogP contribution in [0.15, 0.2) is 48.5 Å². The summed E-state index contributed by atoms with van der Waals surface area (Å²) in [7, 11) is 0. The van der Waals surface area contributed by atoms with Gasteiger partial charge in [0, 0.05) is 6.61 Å². The number of carbonyl (C=O) groups is 1.